The van der Waals surface area contributed by atoms with Crippen LogP contribution in [0.15, 0.2) is 0 Å². The third kappa shape index (κ3) is 3.70. The molecule has 0 bridgehead atoms. The third-order valence-electron chi connectivity index (χ3n) is 2.32. The Hall–Kier alpha value is -0.505. The summed E-state index contributed by atoms with van der Waals surface area (Å²) in [6, 6.07) is 0.355. The third-order valence-corrected chi connectivity index (χ3v) is 2.32. The van der Waals surface area contributed by atoms with E-state index in [1.54, 1.807) is 0 Å². The van der Waals surface area contributed by atoms with E-state index in [0.717, 1.165) is 31.7 Å². The van der Waals surface area contributed by atoms with Crippen LogP contribution in [-0.2, 0) is 4.74 Å². The van der Waals surface area contributed by atoms with E-state index in [1.165, 1.54) is 0 Å². The van der Waals surface area contributed by atoms with E-state index >= 15 is 0 Å². The average Bonchev–Trinajstić information content (AvgIpc) is 2.02. The monoisotopic (exact) mass is 196 g/mol. The van der Waals surface area contributed by atoms with Crippen molar-refractivity contribution in [3.05, 3.63) is 0 Å². The number of likely N-dealkylation sites (tertiary alicyclic amines) is 1. The Bertz CT molecular complexity index is 205. The molecule has 0 radical (unpaired) electrons. The van der Waals surface area contributed by atoms with Crippen LogP contribution in [0.25, 0.3) is 0 Å². The second kappa shape index (κ2) is 4.34. The van der Waals surface area contributed by atoms with Crippen molar-refractivity contribution in [2.45, 2.75) is 45.3 Å². The number of rotatable bonds is 2. The first-order chi connectivity index (χ1) is 6.38. The first-order valence-electron chi connectivity index (χ1n) is 5.27. The van der Waals surface area contributed by atoms with Crippen LogP contribution in [0, 0.1) is 0 Å². The number of nitrogens with two attached hydrogens (primary N) is 1. The van der Waals surface area contributed by atoms with Crippen LogP contribution < -0.4 is 5.73 Å². The van der Waals surface area contributed by atoms with Gasteiger partial charge in [0.15, 0.2) is 0 Å². The van der Waals surface area contributed by atoms with Gasteiger partial charge in [-0.2, -0.15) is 0 Å². The van der Waals surface area contributed by atoms with Crippen LogP contribution in [0.4, 0.5) is 0 Å². The van der Waals surface area contributed by atoms with E-state index in [0.29, 0.717) is 6.04 Å². The minimum absolute atomic E-state index is 0.156. The normalized spacial score (nSPS) is 19.5. The Labute approximate surface area is 87.7 Å². The molecule has 1 fully saturated rings. The molecule has 1 rings (SSSR count). The molecule has 1 aliphatic rings. The van der Waals surface area contributed by atoms with Crippen LogP contribution in [0.5, 0.6) is 0 Å². The quantitative estimate of drug-likeness (QED) is 0.642. The maximum atomic E-state index is 5.83. The maximum absolute atomic E-state index is 5.83. The summed E-state index contributed by atoms with van der Waals surface area (Å²) in [4.78, 5) is 2.18. The van der Waals surface area contributed by atoms with E-state index in [9.17, 15) is 0 Å². The average molecular weight is 196 g/mol. The first kappa shape index (κ1) is 11.6. The Balaban J connectivity index is 2.38. The van der Waals surface area contributed by atoms with E-state index < -0.39 is 0 Å². The zero-order valence-corrected chi connectivity index (χ0v) is 9.55. The molecule has 0 aliphatic carbocycles. The second-order valence-corrected chi connectivity index (χ2v) is 4.93. The molecule has 0 unspecified atom stereocenters. The first-order valence-corrected chi connectivity index (χ1v) is 5.27. The Kier molecular flexibility index (Phi) is 3.59. The van der Waals surface area contributed by atoms with Gasteiger partial charge in [0, 0.05) is 0 Å². The molecular weight excluding hydrogens is 175 g/mol. The van der Waals surface area contributed by atoms with Crippen molar-refractivity contribution in [2.24, 2.45) is 5.73 Å². The molecule has 1 aliphatic heterocycles. The fourth-order valence-electron chi connectivity index (χ4n) is 1.57. The van der Waals surface area contributed by atoms with Crippen molar-refractivity contribution in [1.82, 2.24) is 4.90 Å². The fourth-order valence-corrected chi connectivity index (χ4v) is 1.57. The van der Waals surface area contributed by atoms with Crippen molar-refractivity contribution in [3.63, 3.8) is 0 Å². The minimum atomic E-state index is -0.156. The zero-order chi connectivity index (χ0) is 10.8. The van der Waals surface area contributed by atoms with Gasteiger partial charge >= 0.3 is 87.0 Å². The van der Waals surface area contributed by atoms with E-state index in [-0.39, 0.29) is 5.60 Å². The predicted octanol–water partition coefficient (Wildman–Crippen LogP) is 0.213. The molecule has 0 atom stereocenters. The van der Waals surface area contributed by atoms with Gasteiger partial charge in [-0.3, -0.25) is 0 Å². The van der Waals surface area contributed by atoms with Crippen LogP contribution in [0.1, 0.15) is 33.6 Å². The van der Waals surface area contributed by atoms with Gasteiger partial charge in [-0.1, -0.05) is 0 Å². The topological polar surface area (TPSA) is 38.5 Å². The van der Waals surface area contributed by atoms with Gasteiger partial charge in [0.1, 0.15) is 0 Å². The summed E-state index contributed by atoms with van der Waals surface area (Å²) >= 11 is 0. The molecule has 2 N–H and O–H groups in total. The van der Waals surface area contributed by atoms with Crippen LogP contribution in [-0.4, -0.2) is 42.9 Å². The van der Waals surface area contributed by atoms with Gasteiger partial charge in [0.05, 0.1) is 0 Å². The van der Waals surface area contributed by atoms with Gasteiger partial charge < -0.3 is 0 Å². The Morgan fingerprint density at radius 3 is 2.29 bits per heavy atom. The molecule has 14 heavy (non-hydrogen) atoms. The molecule has 0 spiro atoms. The molecule has 1 heterocycles. The van der Waals surface area contributed by atoms with Gasteiger partial charge in [0.25, 0.3) is 0 Å². The summed E-state index contributed by atoms with van der Waals surface area (Å²) in [6.45, 7) is 8.04. The van der Waals surface area contributed by atoms with E-state index in [2.05, 4.69) is 12.4 Å². The fraction of sp³-hybridized carbons (Fsp3) is 0.900. The summed E-state index contributed by atoms with van der Waals surface area (Å²) in [5, 5.41) is 0. The summed E-state index contributed by atoms with van der Waals surface area (Å²) in [5.74, 6) is 0.782. The van der Waals surface area contributed by atoms with Gasteiger partial charge in [-0.05, 0) is 0 Å². The molecule has 0 amide bonds. The van der Waals surface area contributed by atoms with Crippen LogP contribution in [0.2, 0.25) is 0 Å². The SMILES string of the molecule is B=C(OC(C)(C)C)N1CCC(N)CC1. The van der Waals surface area contributed by atoms with Crippen molar-refractivity contribution < 1.29 is 4.74 Å². The van der Waals surface area contributed by atoms with Crippen molar-refractivity contribution >= 4 is 13.3 Å². The van der Waals surface area contributed by atoms with Crippen molar-refractivity contribution in [3.8, 4) is 0 Å². The molecular formula is C10H21BN2O. The molecule has 1 saturated heterocycles. The van der Waals surface area contributed by atoms with E-state index in [4.69, 9.17) is 10.5 Å². The van der Waals surface area contributed by atoms with E-state index in [1.807, 2.05) is 20.8 Å². The standard InChI is InChI=1S/C10H21BN2O/c1-10(2,3)14-9(11)13-6-4-8(12)5-7-13/h8,11H,4-7,12H2,1-3H3. The summed E-state index contributed by atoms with van der Waals surface area (Å²) in [6.07, 6.45) is 2.07. The number of nitrogens with zero attached hydrogens (tertiary/aromatic N) is 1. The number of hydrogen-bond donors (Lipinski definition) is 1. The summed E-state index contributed by atoms with van der Waals surface area (Å²) in [5.41, 5.74) is 5.67. The molecule has 4 heteroatoms. The second-order valence-electron chi connectivity index (χ2n) is 4.93. The number of ether oxygens (including phenoxy) is 1. The van der Waals surface area contributed by atoms with Gasteiger partial charge in [0.2, 0.25) is 0 Å². The molecule has 3 nitrogen and oxygen atoms in total. The van der Waals surface area contributed by atoms with Crippen LogP contribution >= 0.6 is 0 Å². The molecule has 0 aromatic rings. The predicted molar refractivity (Wildman–Crippen MR) is 61.8 cm³/mol. The van der Waals surface area contributed by atoms with Crippen LogP contribution in [0.3, 0.4) is 0 Å². The molecule has 80 valence electrons. The zero-order valence-electron chi connectivity index (χ0n) is 9.55. The summed E-state index contributed by atoms with van der Waals surface area (Å²) < 4.78 is 5.70. The molecule has 0 saturated carbocycles. The number of hydrogen-bond acceptors (Lipinski definition) is 3. The van der Waals surface area contributed by atoms with Crippen molar-refractivity contribution in [2.75, 3.05) is 13.1 Å². The van der Waals surface area contributed by atoms with Gasteiger partial charge in [-0.15, -0.1) is 0 Å². The molecule has 0 aromatic carbocycles. The van der Waals surface area contributed by atoms with Crippen molar-refractivity contribution in [1.29, 1.82) is 0 Å². The Morgan fingerprint density at radius 1 is 1.36 bits per heavy atom. The Morgan fingerprint density at radius 2 is 1.86 bits per heavy atom. The molecule has 0 aromatic heterocycles. The number of piperidine rings is 1. The van der Waals surface area contributed by atoms with Gasteiger partial charge in [-0.25, -0.2) is 0 Å². The summed E-state index contributed by atoms with van der Waals surface area (Å²) in [7, 11) is 3.95.